The van der Waals surface area contributed by atoms with Gasteiger partial charge in [0.2, 0.25) is 5.91 Å². The van der Waals surface area contributed by atoms with Crippen molar-refractivity contribution in [3.8, 4) is 0 Å². The zero-order valence-corrected chi connectivity index (χ0v) is 8.97. The van der Waals surface area contributed by atoms with Gasteiger partial charge in [-0.25, -0.2) is 5.84 Å². The number of halogens is 1. The Kier molecular flexibility index (Phi) is 4.53. The second-order valence-corrected chi connectivity index (χ2v) is 3.33. The maximum absolute atomic E-state index is 11.4. The molecule has 1 rings (SSSR count). The molecule has 0 fully saturated rings. The van der Waals surface area contributed by atoms with Gasteiger partial charge in [-0.3, -0.25) is 15.2 Å². The zero-order chi connectivity index (χ0) is 9.90. The number of hydrazine groups is 1. The zero-order valence-electron chi connectivity index (χ0n) is 8.15. The fourth-order valence-electron chi connectivity index (χ4n) is 1.08. The summed E-state index contributed by atoms with van der Waals surface area (Å²) in [5.41, 5.74) is 2.42. The number of rotatable bonds is 2. The maximum Gasteiger partial charge on any atom is 0.243 e. The Morgan fingerprint density at radius 1 is 1.43 bits per heavy atom. The van der Waals surface area contributed by atoms with Gasteiger partial charge in [0.25, 0.3) is 0 Å². The molecule has 0 aliphatic heterocycles. The third-order valence-corrected chi connectivity index (χ3v) is 2.10. The van der Waals surface area contributed by atoms with Crippen molar-refractivity contribution in [1.29, 1.82) is 0 Å². The highest BCUT2D eigenvalue weighted by Gasteiger charge is 2.28. The summed E-state index contributed by atoms with van der Waals surface area (Å²) >= 11 is 0. The first-order valence-electron chi connectivity index (χ1n) is 4.00. The average Bonchev–Trinajstić information content (AvgIpc) is 2.18. The molecule has 1 amide bonds. The molecule has 1 aromatic rings. The van der Waals surface area contributed by atoms with Crippen LogP contribution >= 0.6 is 12.4 Å². The van der Waals surface area contributed by atoms with Gasteiger partial charge >= 0.3 is 0 Å². The number of hydrogen-bond acceptors (Lipinski definition) is 3. The molecule has 1 aromatic heterocycles. The Morgan fingerprint density at radius 2 is 1.93 bits per heavy atom. The minimum absolute atomic E-state index is 0. The number of nitrogens with zero attached hydrogens (tertiary/aromatic N) is 1. The normalized spacial score (nSPS) is 10.2. The van der Waals surface area contributed by atoms with Crippen molar-refractivity contribution in [2.45, 2.75) is 19.3 Å². The van der Waals surface area contributed by atoms with Crippen molar-refractivity contribution >= 4 is 18.3 Å². The van der Waals surface area contributed by atoms with Crippen LogP contribution < -0.4 is 11.3 Å². The Bertz CT molecular complexity index is 300. The van der Waals surface area contributed by atoms with E-state index in [0.717, 1.165) is 5.56 Å². The molecule has 0 saturated heterocycles. The van der Waals surface area contributed by atoms with Gasteiger partial charge in [-0.15, -0.1) is 12.4 Å². The SMILES string of the molecule is CC(C)(C(=O)NN)c1ccncc1.Cl. The van der Waals surface area contributed by atoms with Crippen molar-refractivity contribution in [3.63, 3.8) is 0 Å². The molecule has 0 aliphatic carbocycles. The second-order valence-electron chi connectivity index (χ2n) is 3.33. The molecule has 0 aromatic carbocycles. The summed E-state index contributed by atoms with van der Waals surface area (Å²) in [4.78, 5) is 15.3. The molecule has 4 nitrogen and oxygen atoms in total. The topological polar surface area (TPSA) is 68.0 Å². The van der Waals surface area contributed by atoms with Crippen molar-refractivity contribution in [1.82, 2.24) is 10.4 Å². The molecule has 14 heavy (non-hydrogen) atoms. The molecule has 0 aliphatic rings. The standard InChI is InChI=1S/C9H13N3O.ClH/c1-9(2,8(13)12-10)7-3-5-11-6-4-7;/h3-6H,10H2,1-2H3,(H,12,13);1H. The molecule has 1 heterocycles. The van der Waals surface area contributed by atoms with Crippen molar-refractivity contribution in [3.05, 3.63) is 30.1 Å². The Labute approximate surface area is 89.3 Å². The first kappa shape index (κ1) is 12.9. The summed E-state index contributed by atoms with van der Waals surface area (Å²) in [6.07, 6.45) is 3.31. The lowest BCUT2D eigenvalue weighted by molar-refractivity contribution is -0.125. The molecule has 0 radical (unpaired) electrons. The van der Waals surface area contributed by atoms with Gasteiger partial charge in [0.15, 0.2) is 0 Å². The van der Waals surface area contributed by atoms with Crippen molar-refractivity contribution < 1.29 is 4.79 Å². The van der Waals surface area contributed by atoms with Crippen LogP contribution in [0.5, 0.6) is 0 Å². The summed E-state index contributed by atoms with van der Waals surface area (Å²) < 4.78 is 0. The average molecular weight is 216 g/mol. The summed E-state index contributed by atoms with van der Waals surface area (Å²) in [7, 11) is 0. The Morgan fingerprint density at radius 3 is 2.36 bits per heavy atom. The Hall–Kier alpha value is -1.13. The van der Waals surface area contributed by atoms with E-state index in [0.29, 0.717) is 0 Å². The molecular weight excluding hydrogens is 202 g/mol. The van der Waals surface area contributed by atoms with Gasteiger partial charge in [0.05, 0.1) is 5.41 Å². The number of amides is 1. The van der Waals surface area contributed by atoms with Crippen LogP contribution in [-0.2, 0) is 10.2 Å². The monoisotopic (exact) mass is 215 g/mol. The number of pyridine rings is 1. The molecule has 0 unspecified atom stereocenters. The second kappa shape index (κ2) is 4.93. The third-order valence-electron chi connectivity index (χ3n) is 2.10. The number of nitrogens with one attached hydrogen (secondary N) is 1. The predicted molar refractivity (Wildman–Crippen MR) is 56.8 cm³/mol. The van der Waals surface area contributed by atoms with E-state index in [1.165, 1.54) is 0 Å². The highest BCUT2D eigenvalue weighted by molar-refractivity contribution is 5.86. The lowest BCUT2D eigenvalue weighted by Crippen LogP contribution is -2.43. The van der Waals surface area contributed by atoms with Crippen LogP contribution in [0.25, 0.3) is 0 Å². The molecule has 5 heteroatoms. The largest absolute Gasteiger partial charge is 0.294 e. The van der Waals surface area contributed by atoms with Gasteiger partial charge < -0.3 is 0 Å². The van der Waals surface area contributed by atoms with Gasteiger partial charge in [0, 0.05) is 12.4 Å². The highest BCUT2D eigenvalue weighted by Crippen LogP contribution is 2.21. The summed E-state index contributed by atoms with van der Waals surface area (Å²) in [6, 6.07) is 3.60. The van der Waals surface area contributed by atoms with E-state index in [1.54, 1.807) is 24.5 Å². The maximum atomic E-state index is 11.4. The van der Waals surface area contributed by atoms with Crippen molar-refractivity contribution in [2.75, 3.05) is 0 Å². The fraction of sp³-hybridized carbons (Fsp3) is 0.333. The first-order valence-corrected chi connectivity index (χ1v) is 4.00. The van der Waals surface area contributed by atoms with Gasteiger partial charge in [-0.2, -0.15) is 0 Å². The van der Waals surface area contributed by atoms with E-state index in [2.05, 4.69) is 10.4 Å². The van der Waals surface area contributed by atoms with E-state index in [4.69, 9.17) is 5.84 Å². The van der Waals surface area contributed by atoms with E-state index in [1.807, 2.05) is 13.8 Å². The van der Waals surface area contributed by atoms with Crippen LogP contribution in [0.1, 0.15) is 19.4 Å². The van der Waals surface area contributed by atoms with E-state index < -0.39 is 5.41 Å². The van der Waals surface area contributed by atoms with Gasteiger partial charge in [-0.05, 0) is 31.5 Å². The highest BCUT2D eigenvalue weighted by atomic mass is 35.5. The van der Waals surface area contributed by atoms with Crippen LogP contribution in [0.3, 0.4) is 0 Å². The lowest BCUT2D eigenvalue weighted by atomic mass is 9.84. The smallest absolute Gasteiger partial charge is 0.243 e. The molecule has 0 saturated carbocycles. The third kappa shape index (κ3) is 2.43. The summed E-state index contributed by atoms with van der Waals surface area (Å²) in [6.45, 7) is 3.62. The number of carbonyl (C=O) groups excluding carboxylic acids is 1. The number of hydrogen-bond donors (Lipinski definition) is 2. The molecule has 78 valence electrons. The van der Waals surface area contributed by atoms with Crippen LogP contribution in [0.15, 0.2) is 24.5 Å². The molecule has 3 N–H and O–H groups in total. The van der Waals surface area contributed by atoms with E-state index >= 15 is 0 Å². The Balaban J connectivity index is 0.00000169. The predicted octanol–water partition coefficient (Wildman–Crippen LogP) is 0.771. The molecule has 0 atom stereocenters. The molecule has 0 spiro atoms. The number of nitrogens with two attached hydrogens (primary N) is 1. The molecule has 0 bridgehead atoms. The van der Waals surface area contributed by atoms with Crippen LogP contribution in [0, 0.1) is 0 Å². The van der Waals surface area contributed by atoms with Crippen LogP contribution in [0.2, 0.25) is 0 Å². The quantitative estimate of drug-likeness (QED) is 0.435. The van der Waals surface area contributed by atoms with Gasteiger partial charge in [0.1, 0.15) is 0 Å². The minimum Gasteiger partial charge on any atom is -0.294 e. The van der Waals surface area contributed by atoms with Gasteiger partial charge in [-0.1, -0.05) is 0 Å². The van der Waals surface area contributed by atoms with E-state index in [-0.39, 0.29) is 18.3 Å². The van der Waals surface area contributed by atoms with Crippen LogP contribution in [-0.4, -0.2) is 10.9 Å². The summed E-state index contributed by atoms with van der Waals surface area (Å²) in [5, 5.41) is 0. The first-order chi connectivity index (χ1) is 6.09. The van der Waals surface area contributed by atoms with Crippen LogP contribution in [0.4, 0.5) is 0 Å². The molecular formula is C9H14ClN3O. The summed E-state index contributed by atoms with van der Waals surface area (Å²) in [5.74, 6) is 4.87. The van der Waals surface area contributed by atoms with Crippen molar-refractivity contribution in [2.24, 2.45) is 5.84 Å². The minimum atomic E-state index is -0.613. The number of aromatic nitrogens is 1. The number of carbonyl (C=O) groups is 1. The van der Waals surface area contributed by atoms with E-state index in [9.17, 15) is 4.79 Å². The fourth-order valence-corrected chi connectivity index (χ4v) is 1.08. The lowest BCUT2D eigenvalue weighted by Gasteiger charge is -2.22.